The number of hydrogen-bond acceptors (Lipinski definition) is 3. The molecular formula is C9H8BrF3NO3P. The maximum Gasteiger partial charge on any atom is 0.471 e. The number of anilines is 1. The minimum Gasteiger partial charge on any atom is -0.318 e. The fraction of sp³-hybridized carbons (Fsp3) is 0.222. The van der Waals surface area contributed by atoms with Crippen LogP contribution in [0.15, 0.2) is 24.3 Å². The van der Waals surface area contributed by atoms with Crippen molar-refractivity contribution in [3.05, 3.63) is 29.8 Å². The molecule has 1 amide bonds. The van der Waals surface area contributed by atoms with Crippen LogP contribution in [0.5, 0.6) is 0 Å². The smallest absolute Gasteiger partial charge is 0.318 e. The minimum absolute atomic E-state index is 0.00949. The van der Waals surface area contributed by atoms with Crippen LogP contribution in [0.3, 0.4) is 0 Å². The summed E-state index contributed by atoms with van der Waals surface area (Å²) in [4.78, 5) is 10.6. The van der Waals surface area contributed by atoms with Crippen LogP contribution in [-0.2, 0) is 13.9 Å². The second-order valence-corrected chi connectivity index (χ2v) is 4.42. The van der Waals surface area contributed by atoms with Crippen molar-refractivity contribution in [3.63, 3.8) is 0 Å². The van der Waals surface area contributed by atoms with Crippen molar-refractivity contribution >= 4 is 36.2 Å². The lowest BCUT2D eigenvalue weighted by Gasteiger charge is -2.10. The molecular weight excluding hydrogens is 338 g/mol. The third-order valence-corrected chi connectivity index (χ3v) is 3.39. The SMILES string of the molecule is O=[PH2]OC(Br)c1ccc(NC(=O)C(F)(F)F)cc1. The highest BCUT2D eigenvalue weighted by Gasteiger charge is 2.38. The Kier molecular flexibility index (Phi) is 5.37. The van der Waals surface area contributed by atoms with Crippen LogP contribution < -0.4 is 5.32 Å². The Bertz CT molecular complexity index is 438. The summed E-state index contributed by atoms with van der Waals surface area (Å²) >= 11 is 3.08. The summed E-state index contributed by atoms with van der Waals surface area (Å²) in [6.07, 6.45) is -4.92. The maximum absolute atomic E-state index is 12.0. The normalized spacial score (nSPS) is 13.8. The van der Waals surface area contributed by atoms with Crippen molar-refractivity contribution in [1.29, 1.82) is 0 Å². The van der Waals surface area contributed by atoms with Crippen LogP contribution in [0.2, 0.25) is 0 Å². The average molecular weight is 346 g/mol. The number of carbonyl (C=O) groups is 1. The van der Waals surface area contributed by atoms with Crippen molar-refractivity contribution in [2.45, 2.75) is 11.2 Å². The van der Waals surface area contributed by atoms with Crippen molar-refractivity contribution in [2.75, 3.05) is 5.32 Å². The molecule has 1 rings (SSSR count). The van der Waals surface area contributed by atoms with Gasteiger partial charge in [0.25, 0.3) is 0 Å². The summed E-state index contributed by atoms with van der Waals surface area (Å²) < 4.78 is 51.0. The Morgan fingerprint density at radius 2 is 1.89 bits per heavy atom. The second-order valence-electron chi connectivity index (χ2n) is 3.12. The molecule has 2 atom stereocenters. The topological polar surface area (TPSA) is 55.4 Å². The Balaban J connectivity index is 2.72. The molecule has 1 aromatic carbocycles. The molecule has 0 spiro atoms. The molecule has 9 heteroatoms. The van der Waals surface area contributed by atoms with E-state index in [1.165, 1.54) is 24.3 Å². The van der Waals surface area contributed by atoms with Gasteiger partial charge in [-0.25, -0.2) is 0 Å². The van der Waals surface area contributed by atoms with Crippen LogP contribution in [0.25, 0.3) is 0 Å². The largest absolute Gasteiger partial charge is 0.471 e. The van der Waals surface area contributed by atoms with Crippen molar-refractivity contribution < 1.29 is 27.1 Å². The number of amides is 1. The molecule has 0 aliphatic rings. The lowest BCUT2D eigenvalue weighted by molar-refractivity contribution is -0.167. The Hall–Kier alpha value is -0.850. The van der Waals surface area contributed by atoms with E-state index in [2.05, 4.69) is 15.9 Å². The first-order valence-corrected chi connectivity index (χ1v) is 6.41. The summed E-state index contributed by atoms with van der Waals surface area (Å²) in [7, 11) is -1.40. The summed E-state index contributed by atoms with van der Waals surface area (Å²) in [6.45, 7) is 0. The summed E-state index contributed by atoms with van der Waals surface area (Å²) in [6, 6.07) is 5.47. The average Bonchev–Trinajstić information content (AvgIpc) is 2.29. The molecule has 1 aromatic rings. The lowest BCUT2D eigenvalue weighted by atomic mass is 10.2. The van der Waals surface area contributed by atoms with Crippen LogP contribution in [0.4, 0.5) is 18.9 Å². The summed E-state index contributed by atoms with van der Waals surface area (Å²) in [5, 5.41) is 1.10. The molecule has 2 unspecified atom stereocenters. The molecule has 18 heavy (non-hydrogen) atoms. The first-order valence-electron chi connectivity index (χ1n) is 4.56. The highest BCUT2D eigenvalue weighted by atomic mass is 79.9. The number of alkyl halides is 4. The van der Waals surface area contributed by atoms with Gasteiger partial charge in [0.05, 0.1) is 0 Å². The number of hydrogen-bond donors (Lipinski definition) is 1. The zero-order chi connectivity index (χ0) is 13.8. The van der Waals surface area contributed by atoms with Gasteiger partial charge in [-0.1, -0.05) is 28.1 Å². The highest BCUT2D eigenvalue weighted by molar-refractivity contribution is 9.09. The van der Waals surface area contributed by atoms with Gasteiger partial charge in [0.1, 0.15) is 5.01 Å². The van der Waals surface area contributed by atoms with E-state index in [-0.39, 0.29) is 5.69 Å². The standard InChI is InChI=1S/C9H8BrF3NO3P/c10-7(17-18-16)5-1-3-6(4-2-5)14-8(15)9(11,12)13/h1-4,7H,18H2,(H,14,15). The lowest BCUT2D eigenvalue weighted by Crippen LogP contribution is -2.29. The Morgan fingerprint density at radius 3 is 2.33 bits per heavy atom. The van der Waals surface area contributed by atoms with Gasteiger partial charge >= 0.3 is 12.1 Å². The molecule has 0 aromatic heterocycles. The van der Waals surface area contributed by atoms with Crippen LogP contribution in [-0.4, -0.2) is 12.1 Å². The van der Waals surface area contributed by atoms with Crippen molar-refractivity contribution in [1.82, 2.24) is 0 Å². The van der Waals surface area contributed by atoms with E-state index in [1.54, 1.807) is 5.32 Å². The number of rotatable bonds is 4. The van der Waals surface area contributed by atoms with E-state index in [1.807, 2.05) is 0 Å². The third-order valence-electron chi connectivity index (χ3n) is 1.86. The fourth-order valence-corrected chi connectivity index (χ4v) is 1.87. The summed E-state index contributed by atoms with van der Waals surface area (Å²) in [5.74, 6) is -2.04. The van der Waals surface area contributed by atoms with Crippen LogP contribution in [0, 0.1) is 0 Å². The molecule has 4 nitrogen and oxygen atoms in total. The van der Waals surface area contributed by atoms with Gasteiger partial charge in [-0.05, 0) is 17.7 Å². The monoisotopic (exact) mass is 345 g/mol. The first-order chi connectivity index (χ1) is 8.34. The molecule has 0 bridgehead atoms. The number of nitrogens with one attached hydrogen (secondary N) is 1. The molecule has 0 aliphatic heterocycles. The first kappa shape index (κ1) is 15.2. The van der Waals surface area contributed by atoms with Gasteiger partial charge in [-0.3, -0.25) is 9.36 Å². The predicted octanol–water partition coefficient (Wildman–Crippen LogP) is 3.27. The van der Waals surface area contributed by atoms with Crippen LogP contribution >= 0.6 is 24.6 Å². The molecule has 100 valence electrons. The molecule has 0 saturated heterocycles. The quantitative estimate of drug-likeness (QED) is 0.673. The zero-order valence-electron chi connectivity index (χ0n) is 8.70. The van der Waals surface area contributed by atoms with Crippen molar-refractivity contribution in [3.8, 4) is 0 Å². The van der Waals surface area contributed by atoms with E-state index in [0.717, 1.165) is 0 Å². The van der Waals surface area contributed by atoms with Gasteiger partial charge in [0, 0.05) is 5.69 Å². The zero-order valence-corrected chi connectivity index (χ0v) is 11.4. The maximum atomic E-state index is 12.0. The van der Waals surface area contributed by atoms with E-state index in [9.17, 15) is 22.5 Å². The van der Waals surface area contributed by atoms with Gasteiger partial charge in [0.15, 0.2) is 8.69 Å². The number of halogens is 4. The molecule has 0 fully saturated rings. The van der Waals surface area contributed by atoms with Gasteiger partial charge in [0.2, 0.25) is 0 Å². The Morgan fingerprint density at radius 1 is 1.33 bits per heavy atom. The van der Waals surface area contributed by atoms with Crippen molar-refractivity contribution in [2.24, 2.45) is 0 Å². The van der Waals surface area contributed by atoms with Gasteiger partial charge in [-0.2, -0.15) is 13.2 Å². The van der Waals surface area contributed by atoms with Crippen LogP contribution in [0.1, 0.15) is 10.6 Å². The van der Waals surface area contributed by atoms with E-state index < -0.39 is 25.8 Å². The fourth-order valence-electron chi connectivity index (χ4n) is 1.05. The Labute approximate surface area is 110 Å². The molecule has 1 N–H and O–H groups in total. The molecule has 0 saturated carbocycles. The molecule has 0 radical (unpaired) electrons. The van der Waals surface area contributed by atoms with E-state index in [0.29, 0.717) is 5.56 Å². The third kappa shape index (κ3) is 4.44. The van der Waals surface area contributed by atoms with E-state index >= 15 is 0 Å². The number of carbonyl (C=O) groups excluding carboxylic acids is 1. The van der Waals surface area contributed by atoms with E-state index in [4.69, 9.17) is 4.52 Å². The predicted molar refractivity (Wildman–Crippen MR) is 64.3 cm³/mol. The molecule has 0 aliphatic carbocycles. The highest BCUT2D eigenvalue weighted by Crippen LogP contribution is 2.28. The summed E-state index contributed by atoms with van der Waals surface area (Å²) in [5.41, 5.74) is 0.582. The second kappa shape index (κ2) is 6.36. The minimum atomic E-state index is -4.92. The van der Waals surface area contributed by atoms with Gasteiger partial charge in [-0.15, -0.1) is 0 Å². The van der Waals surface area contributed by atoms with Gasteiger partial charge < -0.3 is 9.84 Å². The molecule has 0 heterocycles. The number of benzene rings is 1.